The molecule has 0 radical (unpaired) electrons. The molecule has 6 heteroatoms. The topological polar surface area (TPSA) is 86.5 Å². The van der Waals surface area contributed by atoms with Gasteiger partial charge in [0.2, 0.25) is 0 Å². The summed E-state index contributed by atoms with van der Waals surface area (Å²) in [5.74, 6) is 0.595. The minimum Gasteiger partial charge on any atom is -0.345 e. The summed E-state index contributed by atoms with van der Waals surface area (Å²) in [5.41, 5.74) is 3.87. The summed E-state index contributed by atoms with van der Waals surface area (Å²) in [5, 5.41) is 2.90. The molecule has 3 N–H and O–H groups in total. The third-order valence-electron chi connectivity index (χ3n) is 3.57. The Balaban J connectivity index is 1.59. The van der Waals surface area contributed by atoms with Crippen LogP contribution in [-0.4, -0.2) is 25.8 Å². The summed E-state index contributed by atoms with van der Waals surface area (Å²) in [6, 6.07) is 12.9. The highest BCUT2D eigenvalue weighted by atomic mass is 16.1. The van der Waals surface area contributed by atoms with Gasteiger partial charge in [-0.25, -0.2) is 9.97 Å². The predicted molar refractivity (Wildman–Crippen MR) is 88.1 cm³/mol. The van der Waals surface area contributed by atoms with E-state index in [9.17, 15) is 4.79 Å². The van der Waals surface area contributed by atoms with Gasteiger partial charge in [0.15, 0.2) is 0 Å². The van der Waals surface area contributed by atoms with Gasteiger partial charge < -0.3 is 15.3 Å². The van der Waals surface area contributed by atoms with Crippen LogP contribution >= 0.6 is 0 Å². The molecule has 2 heterocycles. The third kappa shape index (κ3) is 2.57. The number of hydrogen-bond acceptors (Lipinski definition) is 3. The molecule has 0 atom stereocenters. The minimum atomic E-state index is -0.168. The van der Waals surface area contributed by atoms with E-state index < -0.39 is 0 Å². The van der Waals surface area contributed by atoms with Crippen molar-refractivity contribution in [1.29, 1.82) is 0 Å². The maximum atomic E-state index is 12.4. The number of fused-ring (bicyclic) bond motifs is 1. The van der Waals surface area contributed by atoms with Crippen LogP contribution in [0.3, 0.4) is 0 Å². The van der Waals surface area contributed by atoms with Crippen molar-refractivity contribution in [2.45, 2.75) is 0 Å². The lowest BCUT2D eigenvalue weighted by atomic mass is 10.1. The molecule has 1 amide bonds. The van der Waals surface area contributed by atoms with E-state index in [1.54, 1.807) is 30.9 Å². The fourth-order valence-corrected chi connectivity index (χ4v) is 2.45. The number of H-pyrrole nitrogens is 2. The number of aromatic nitrogens is 4. The van der Waals surface area contributed by atoms with Crippen molar-refractivity contribution in [2.75, 3.05) is 5.32 Å². The molecule has 0 saturated heterocycles. The Morgan fingerprint density at radius 1 is 1.04 bits per heavy atom. The average molecular weight is 303 g/mol. The Hall–Kier alpha value is -3.41. The van der Waals surface area contributed by atoms with Crippen LogP contribution in [-0.2, 0) is 0 Å². The summed E-state index contributed by atoms with van der Waals surface area (Å²) in [7, 11) is 0. The molecular formula is C17H13N5O. The molecule has 23 heavy (non-hydrogen) atoms. The largest absolute Gasteiger partial charge is 0.345 e. The van der Waals surface area contributed by atoms with Crippen molar-refractivity contribution in [1.82, 2.24) is 19.9 Å². The molecule has 2 aromatic heterocycles. The monoisotopic (exact) mass is 303 g/mol. The number of carbonyl (C=O) groups is 1. The summed E-state index contributed by atoms with van der Waals surface area (Å²) in [6.45, 7) is 0. The van der Waals surface area contributed by atoms with Crippen LogP contribution in [0.4, 0.5) is 5.69 Å². The number of anilines is 1. The van der Waals surface area contributed by atoms with Crippen LogP contribution in [0.25, 0.3) is 22.4 Å². The van der Waals surface area contributed by atoms with Gasteiger partial charge in [0, 0.05) is 29.2 Å². The molecule has 0 aliphatic rings. The zero-order valence-corrected chi connectivity index (χ0v) is 12.1. The van der Waals surface area contributed by atoms with Crippen molar-refractivity contribution < 1.29 is 4.79 Å². The van der Waals surface area contributed by atoms with Crippen molar-refractivity contribution in [3.05, 3.63) is 66.7 Å². The molecule has 6 nitrogen and oxygen atoms in total. The van der Waals surface area contributed by atoms with Gasteiger partial charge in [0.05, 0.1) is 17.4 Å². The fourth-order valence-electron chi connectivity index (χ4n) is 2.45. The molecule has 4 rings (SSSR count). The maximum absolute atomic E-state index is 12.4. The normalized spacial score (nSPS) is 10.8. The Labute approximate surface area is 131 Å². The van der Waals surface area contributed by atoms with Crippen LogP contribution < -0.4 is 5.32 Å². The molecule has 0 aliphatic carbocycles. The van der Waals surface area contributed by atoms with E-state index in [1.165, 1.54) is 0 Å². The smallest absolute Gasteiger partial charge is 0.255 e. The molecule has 4 aromatic rings. The number of imidazole rings is 2. The molecule has 0 aliphatic heterocycles. The average Bonchev–Trinajstić information content (AvgIpc) is 3.26. The lowest BCUT2D eigenvalue weighted by molar-refractivity contribution is 0.102. The first-order valence-electron chi connectivity index (χ1n) is 7.14. The van der Waals surface area contributed by atoms with Gasteiger partial charge in [-0.15, -0.1) is 0 Å². The molecule has 2 aromatic carbocycles. The number of carbonyl (C=O) groups excluding carboxylic acids is 1. The number of nitrogens with zero attached hydrogens (tertiary/aromatic N) is 2. The van der Waals surface area contributed by atoms with Gasteiger partial charge in [-0.1, -0.05) is 12.1 Å². The second-order valence-electron chi connectivity index (χ2n) is 5.11. The van der Waals surface area contributed by atoms with Crippen molar-refractivity contribution in [2.24, 2.45) is 0 Å². The first-order chi connectivity index (χ1) is 11.3. The maximum Gasteiger partial charge on any atom is 0.255 e. The van der Waals surface area contributed by atoms with Crippen LogP contribution in [0.2, 0.25) is 0 Å². The highest BCUT2D eigenvalue weighted by Gasteiger charge is 2.09. The van der Waals surface area contributed by atoms with Crippen molar-refractivity contribution in [3.8, 4) is 11.4 Å². The van der Waals surface area contributed by atoms with Gasteiger partial charge in [0.1, 0.15) is 5.82 Å². The van der Waals surface area contributed by atoms with Crippen LogP contribution in [0.5, 0.6) is 0 Å². The van der Waals surface area contributed by atoms with Gasteiger partial charge in [-0.2, -0.15) is 0 Å². The predicted octanol–water partition coefficient (Wildman–Crippen LogP) is 3.21. The Bertz CT molecular complexity index is 972. The zero-order valence-electron chi connectivity index (χ0n) is 12.1. The minimum absolute atomic E-state index is 0.168. The zero-order chi connectivity index (χ0) is 15.6. The van der Waals surface area contributed by atoms with E-state index in [4.69, 9.17) is 0 Å². The van der Waals surface area contributed by atoms with Gasteiger partial charge in [-0.3, -0.25) is 4.79 Å². The second kappa shape index (κ2) is 5.42. The SMILES string of the molecule is O=C(Nc1cccc(-c2ncc[nH]2)c1)c1ccc2nc[nH]c2c1. The molecule has 0 bridgehead atoms. The number of aromatic amines is 2. The number of benzene rings is 2. The van der Waals surface area contributed by atoms with Crippen molar-refractivity contribution in [3.63, 3.8) is 0 Å². The molecular weight excluding hydrogens is 290 g/mol. The Kier molecular flexibility index (Phi) is 3.12. The van der Waals surface area contributed by atoms with Gasteiger partial charge in [0.25, 0.3) is 5.91 Å². The van der Waals surface area contributed by atoms with E-state index in [-0.39, 0.29) is 5.91 Å². The molecule has 0 spiro atoms. The van der Waals surface area contributed by atoms with Crippen LogP contribution in [0.1, 0.15) is 10.4 Å². The summed E-state index contributed by atoms with van der Waals surface area (Å²) >= 11 is 0. The molecule has 112 valence electrons. The summed E-state index contributed by atoms with van der Waals surface area (Å²) in [6.07, 6.45) is 5.07. The quantitative estimate of drug-likeness (QED) is 0.543. The first kappa shape index (κ1) is 13.3. The molecule has 0 saturated carbocycles. The highest BCUT2D eigenvalue weighted by molar-refractivity contribution is 6.06. The number of rotatable bonds is 3. The number of nitrogens with one attached hydrogen (secondary N) is 3. The Morgan fingerprint density at radius 3 is 2.87 bits per heavy atom. The molecule has 0 unspecified atom stereocenters. The third-order valence-corrected chi connectivity index (χ3v) is 3.57. The van der Waals surface area contributed by atoms with E-state index in [0.29, 0.717) is 11.3 Å². The summed E-state index contributed by atoms with van der Waals surface area (Å²) in [4.78, 5) is 26.8. The highest BCUT2D eigenvalue weighted by Crippen LogP contribution is 2.20. The standard InChI is InChI=1S/C17H13N5O/c23-17(12-4-5-14-15(9-12)21-10-20-14)22-13-3-1-2-11(8-13)16-18-6-7-19-16/h1-10H,(H,18,19)(H,20,21)(H,22,23). The van der Waals surface area contributed by atoms with Crippen LogP contribution in [0.15, 0.2) is 61.2 Å². The summed E-state index contributed by atoms with van der Waals surface area (Å²) < 4.78 is 0. The van der Waals surface area contributed by atoms with Crippen LogP contribution in [0, 0.1) is 0 Å². The van der Waals surface area contributed by atoms with E-state index in [1.807, 2.05) is 30.3 Å². The lowest BCUT2D eigenvalue weighted by Crippen LogP contribution is -2.11. The number of amides is 1. The Morgan fingerprint density at radius 2 is 2.00 bits per heavy atom. The van der Waals surface area contributed by atoms with Crippen molar-refractivity contribution >= 4 is 22.6 Å². The first-order valence-corrected chi connectivity index (χ1v) is 7.14. The second-order valence-corrected chi connectivity index (χ2v) is 5.11. The van der Waals surface area contributed by atoms with Gasteiger partial charge in [-0.05, 0) is 30.3 Å². The lowest BCUT2D eigenvalue weighted by Gasteiger charge is -2.07. The fraction of sp³-hybridized carbons (Fsp3) is 0. The number of hydrogen-bond donors (Lipinski definition) is 3. The molecule has 0 fully saturated rings. The van der Waals surface area contributed by atoms with Gasteiger partial charge >= 0.3 is 0 Å². The van der Waals surface area contributed by atoms with E-state index >= 15 is 0 Å². The van der Waals surface area contributed by atoms with E-state index in [2.05, 4.69) is 25.3 Å². The van der Waals surface area contributed by atoms with E-state index in [0.717, 1.165) is 22.4 Å².